The number of phenols is 2. The van der Waals surface area contributed by atoms with Gasteiger partial charge in [-0.2, -0.15) is 0 Å². The van der Waals surface area contributed by atoms with Crippen LogP contribution in [0, 0.1) is 0 Å². The largest absolute Gasteiger partial charge is 0.508 e. The van der Waals surface area contributed by atoms with Crippen molar-refractivity contribution < 1.29 is 23.4 Å². The molecular formula is C21H17NO5S. The summed E-state index contributed by atoms with van der Waals surface area (Å²) in [6.07, 6.45) is 2.97. The molecule has 0 aliphatic rings. The standard InChI is InChI=1S/C21H17NO5S/c23-18-10-7-15(8-11-18)9-12-21(25)16-3-1-4-17(13-16)22-28(26,27)20-6-2-5-19(24)14-20/h1-14,22-24H/b12-9+. The molecule has 28 heavy (non-hydrogen) atoms. The van der Waals surface area contributed by atoms with Gasteiger partial charge in [-0.1, -0.05) is 36.4 Å². The maximum absolute atomic E-state index is 12.4. The zero-order valence-electron chi connectivity index (χ0n) is 14.6. The van der Waals surface area contributed by atoms with E-state index in [1.165, 1.54) is 48.5 Å². The molecule has 7 heteroatoms. The number of anilines is 1. The van der Waals surface area contributed by atoms with Crippen LogP contribution in [0.2, 0.25) is 0 Å². The van der Waals surface area contributed by atoms with Gasteiger partial charge in [0.25, 0.3) is 10.0 Å². The molecule has 6 nitrogen and oxygen atoms in total. The van der Waals surface area contributed by atoms with Crippen LogP contribution >= 0.6 is 0 Å². The number of aromatic hydroxyl groups is 2. The summed E-state index contributed by atoms with van der Waals surface area (Å²) in [7, 11) is -3.90. The minimum atomic E-state index is -3.90. The van der Waals surface area contributed by atoms with Crippen molar-refractivity contribution in [3.63, 3.8) is 0 Å². The lowest BCUT2D eigenvalue weighted by Gasteiger charge is -2.09. The van der Waals surface area contributed by atoms with Crippen molar-refractivity contribution in [1.82, 2.24) is 0 Å². The second-order valence-electron chi connectivity index (χ2n) is 5.97. The van der Waals surface area contributed by atoms with E-state index in [4.69, 9.17) is 0 Å². The maximum Gasteiger partial charge on any atom is 0.262 e. The second-order valence-corrected chi connectivity index (χ2v) is 7.66. The van der Waals surface area contributed by atoms with Crippen molar-refractivity contribution in [2.75, 3.05) is 4.72 Å². The van der Waals surface area contributed by atoms with Gasteiger partial charge in [0.1, 0.15) is 11.5 Å². The average Bonchev–Trinajstić information content (AvgIpc) is 2.67. The van der Waals surface area contributed by atoms with E-state index >= 15 is 0 Å². The normalized spacial score (nSPS) is 11.4. The van der Waals surface area contributed by atoms with Crippen LogP contribution < -0.4 is 4.72 Å². The van der Waals surface area contributed by atoms with Gasteiger partial charge in [0.2, 0.25) is 0 Å². The van der Waals surface area contributed by atoms with Crippen LogP contribution in [0.15, 0.2) is 83.8 Å². The smallest absolute Gasteiger partial charge is 0.262 e. The Bertz CT molecular complexity index is 1140. The Hall–Kier alpha value is -3.58. The Balaban J connectivity index is 1.78. The Kier molecular flexibility index (Phi) is 5.47. The van der Waals surface area contributed by atoms with Crippen molar-refractivity contribution in [3.05, 3.63) is 90.0 Å². The third kappa shape index (κ3) is 4.77. The molecule has 0 radical (unpaired) electrons. The lowest BCUT2D eigenvalue weighted by Crippen LogP contribution is -2.13. The van der Waals surface area contributed by atoms with E-state index < -0.39 is 10.0 Å². The number of benzene rings is 3. The molecule has 0 amide bonds. The summed E-state index contributed by atoms with van der Waals surface area (Å²) in [6, 6.07) is 17.8. The van der Waals surface area contributed by atoms with Crippen molar-refractivity contribution in [1.29, 1.82) is 0 Å². The van der Waals surface area contributed by atoms with Crippen LogP contribution in [-0.4, -0.2) is 24.4 Å². The maximum atomic E-state index is 12.4. The number of rotatable bonds is 6. The molecule has 0 unspecified atom stereocenters. The van der Waals surface area contributed by atoms with Crippen molar-refractivity contribution in [2.45, 2.75) is 4.90 Å². The molecule has 0 atom stereocenters. The number of carbonyl (C=O) groups is 1. The lowest BCUT2D eigenvalue weighted by molar-refractivity contribution is 0.104. The predicted molar refractivity (Wildman–Crippen MR) is 107 cm³/mol. The van der Waals surface area contributed by atoms with E-state index in [0.29, 0.717) is 5.56 Å². The molecule has 3 N–H and O–H groups in total. The fraction of sp³-hybridized carbons (Fsp3) is 0. The molecule has 0 heterocycles. The SMILES string of the molecule is O=C(/C=C/c1ccc(O)cc1)c1cccc(NS(=O)(=O)c2cccc(O)c2)c1. The second kappa shape index (κ2) is 7.98. The molecule has 0 aromatic heterocycles. The van der Waals surface area contributed by atoms with E-state index in [2.05, 4.69) is 4.72 Å². The summed E-state index contributed by atoms with van der Waals surface area (Å²) in [4.78, 5) is 12.3. The van der Waals surface area contributed by atoms with Gasteiger partial charge < -0.3 is 10.2 Å². The zero-order chi connectivity index (χ0) is 20.1. The average molecular weight is 395 g/mol. The first-order chi connectivity index (χ1) is 13.3. The van der Waals surface area contributed by atoms with Crippen molar-refractivity contribution in [3.8, 4) is 11.5 Å². The number of carbonyl (C=O) groups excluding carboxylic acids is 1. The van der Waals surface area contributed by atoms with Crippen LogP contribution in [0.4, 0.5) is 5.69 Å². The number of ketones is 1. The molecule has 3 rings (SSSR count). The minimum Gasteiger partial charge on any atom is -0.508 e. The topological polar surface area (TPSA) is 104 Å². The first-order valence-electron chi connectivity index (χ1n) is 8.27. The van der Waals surface area contributed by atoms with Gasteiger partial charge in [-0.3, -0.25) is 9.52 Å². The molecule has 3 aromatic carbocycles. The van der Waals surface area contributed by atoms with Crippen molar-refractivity contribution >= 4 is 27.6 Å². The van der Waals surface area contributed by atoms with Gasteiger partial charge >= 0.3 is 0 Å². The van der Waals surface area contributed by atoms with Crippen LogP contribution in [0.3, 0.4) is 0 Å². The summed E-state index contributed by atoms with van der Waals surface area (Å²) in [5.74, 6) is -0.326. The molecule has 3 aromatic rings. The molecule has 0 aliphatic heterocycles. The highest BCUT2D eigenvalue weighted by Crippen LogP contribution is 2.21. The molecule has 0 aliphatic carbocycles. The van der Waals surface area contributed by atoms with E-state index in [1.807, 2.05) is 0 Å². The zero-order valence-corrected chi connectivity index (χ0v) is 15.4. The molecular weight excluding hydrogens is 378 g/mol. The number of sulfonamides is 1. The quantitative estimate of drug-likeness (QED) is 0.435. The first-order valence-corrected chi connectivity index (χ1v) is 9.75. The van der Waals surface area contributed by atoms with Gasteiger partial charge in [-0.05, 0) is 48.0 Å². The van der Waals surface area contributed by atoms with Gasteiger partial charge in [-0.15, -0.1) is 0 Å². The number of nitrogens with one attached hydrogen (secondary N) is 1. The summed E-state index contributed by atoms with van der Waals surface area (Å²) < 4.78 is 27.3. The van der Waals surface area contributed by atoms with E-state index in [-0.39, 0.29) is 27.9 Å². The molecule has 0 saturated heterocycles. The Morgan fingerprint density at radius 3 is 2.29 bits per heavy atom. The summed E-state index contributed by atoms with van der Waals surface area (Å²) in [5, 5.41) is 18.7. The fourth-order valence-electron chi connectivity index (χ4n) is 2.45. The summed E-state index contributed by atoms with van der Waals surface area (Å²) >= 11 is 0. The van der Waals surface area contributed by atoms with E-state index in [9.17, 15) is 23.4 Å². The number of hydrogen-bond acceptors (Lipinski definition) is 5. The van der Waals surface area contributed by atoms with Crippen molar-refractivity contribution in [2.24, 2.45) is 0 Å². The minimum absolute atomic E-state index is 0.0866. The Morgan fingerprint density at radius 1 is 0.857 bits per heavy atom. The third-order valence-corrected chi connectivity index (χ3v) is 5.23. The molecule has 0 spiro atoms. The van der Waals surface area contributed by atoms with Gasteiger partial charge in [-0.25, -0.2) is 8.42 Å². The fourth-order valence-corrected chi connectivity index (χ4v) is 3.54. The number of allylic oxidation sites excluding steroid dienone is 1. The van der Waals surface area contributed by atoms with E-state index in [0.717, 1.165) is 11.6 Å². The third-order valence-electron chi connectivity index (χ3n) is 3.85. The van der Waals surface area contributed by atoms with Crippen LogP contribution in [0.5, 0.6) is 11.5 Å². The monoisotopic (exact) mass is 395 g/mol. The van der Waals surface area contributed by atoms with Crippen LogP contribution in [0.25, 0.3) is 6.08 Å². The molecule has 0 bridgehead atoms. The summed E-state index contributed by atoms with van der Waals surface area (Å²) in [5.41, 5.74) is 1.28. The highest BCUT2D eigenvalue weighted by Gasteiger charge is 2.15. The van der Waals surface area contributed by atoms with Crippen LogP contribution in [0.1, 0.15) is 15.9 Å². The van der Waals surface area contributed by atoms with Gasteiger partial charge in [0.05, 0.1) is 4.90 Å². The number of hydrogen-bond donors (Lipinski definition) is 3. The summed E-state index contributed by atoms with van der Waals surface area (Å²) in [6.45, 7) is 0. The van der Waals surface area contributed by atoms with E-state index in [1.54, 1.807) is 30.3 Å². The highest BCUT2D eigenvalue weighted by molar-refractivity contribution is 7.92. The predicted octanol–water partition coefficient (Wildman–Crippen LogP) is 3.79. The molecule has 0 saturated carbocycles. The first kappa shape index (κ1) is 19.2. The van der Waals surface area contributed by atoms with Gasteiger partial charge in [0, 0.05) is 17.3 Å². The van der Waals surface area contributed by atoms with Gasteiger partial charge in [0.15, 0.2) is 5.78 Å². The Labute approximate surface area is 162 Å². The lowest BCUT2D eigenvalue weighted by atomic mass is 10.1. The Morgan fingerprint density at radius 2 is 1.57 bits per heavy atom. The number of phenolic OH excluding ortho intramolecular Hbond substituents is 2. The molecule has 0 fully saturated rings. The molecule has 142 valence electrons. The highest BCUT2D eigenvalue weighted by atomic mass is 32.2. The van der Waals surface area contributed by atoms with Crippen LogP contribution in [-0.2, 0) is 10.0 Å².